The molecule has 0 fully saturated rings. The lowest BCUT2D eigenvalue weighted by atomic mass is 10.2. The van der Waals surface area contributed by atoms with Gasteiger partial charge in [0.25, 0.3) is 10.0 Å². The fourth-order valence-corrected chi connectivity index (χ4v) is 2.81. The van der Waals surface area contributed by atoms with Crippen molar-refractivity contribution in [3.8, 4) is 5.75 Å². The first-order chi connectivity index (χ1) is 10.3. The normalized spacial score (nSPS) is 11.7. The van der Waals surface area contributed by atoms with Crippen LogP contribution in [0, 0.1) is 19.8 Å². The van der Waals surface area contributed by atoms with Crippen molar-refractivity contribution >= 4 is 15.8 Å². The van der Waals surface area contributed by atoms with Crippen LogP contribution in [0.3, 0.4) is 0 Å². The molecule has 0 aliphatic carbocycles. The summed E-state index contributed by atoms with van der Waals surface area (Å²) in [6.07, 6.45) is 0. The number of rotatable bonds is 6. The molecular weight excluding hydrogens is 302 g/mol. The number of nitrogens with one attached hydrogen (secondary N) is 2. The van der Waals surface area contributed by atoms with Crippen molar-refractivity contribution in [3.63, 3.8) is 0 Å². The fraction of sp³-hybridized carbons (Fsp3) is 0.400. The van der Waals surface area contributed by atoms with Gasteiger partial charge in [0.05, 0.1) is 11.5 Å². The molecule has 1 aromatic heterocycles. The maximum atomic E-state index is 12.3. The lowest BCUT2D eigenvalue weighted by Crippen LogP contribution is -2.14. The summed E-state index contributed by atoms with van der Waals surface area (Å²) in [6, 6.07) is 6.35. The van der Waals surface area contributed by atoms with Crippen molar-refractivity contribution in [2.45, 2.75) is 32.6 Å². The van der Waals surface area contributed by atoms with Crippen LogP contribution < -0.4 is 9.46 Å². The van der Waals surface area contributed by atoms with Crippen molar-refractivity contribution < 1.29 is 13.2 Å². The Balaban J connectivity index is 2.14. The Morgan fingerprint density at radius 2 is 1.86 bits per heavy atom. The number of hydrogen-bond acceptors (Lipinski definition) is 4. The number of nitrogens with zero attached hydrogens (tertiary/aromatic N) is 1. The Labute approximate surface area is 130 Å². The second-order valence-corrected chi connectivity index (χ2v) is 7.29. The van der Waals surface area contributed by atoms with Crippen LogP contribution >= 0.6 is 0 Å². The number of ether oxygens (including phenoxy) is 1. The van der Waals surface area contributed by atoms with Gasteiger partial charge in [-0.25, -0.2) is 8.42 Å². The number of aromatic nitrogens is 2. The minimum absolute atomic E-state index is 0.171. The van der Waals surface area contributed by atoms with E-state index in [1.807, 2.05) is 6.92 Å². The topological polar surface area (TPSA) is 84.1 Å². The zero-order valence-corrected chi connectivity index (χ0v) is 14.0. The van der Waals surface area contributed by atoms with E-state index in [2.05, 4.69) is 28.8 Å². The Morgan fingerprint density at radius 1 is 1.23 bits per heavy atom. The first kappa shape index (κ1) is 16.4. The third-order valence-electron chi connectivity index (χ3n) is 3.20. The molecule has 1 heterocycles. The molecule has 0 spiro atoms. The van der Waals surface area contributed by atoms with E-state index in [4.69, 9.17) is 4.74 Å². The van der Waals surface area contributed by atoms with Gasteiger partial charge in [-0.3, -0.25) is 9.82 Å². The van der Waals surface area contributed by atoms with Crippen molar-refractivity contribution in [1.29, 1.82) is 0 Å². The summed E-state index contributed by atoms with van der Waals surface area (Å²) >= 11 is 0. The van der Waals surface area contributed by atoms with Gasteiger partial charge < -0.3 is 4.74 Å². The SMILES string of the molecule is Cc1[nH]nc(NS(=O)(=O)c2ccc(OCC(C)C)cc2)c1C. The monoisotopic (exact) mass is 323 g/mol. The number of H-pyrrole nitrogens is 1. The van der Waals surface area contributed by atoms with E-state index in [0.717, 1.165) is 11.3 Å². The molecule has 0 saturated carbocycles. The zero-order valence-electron chi connectivity index (χ0n) is 13.2. The number of anilines is 1. The molecule has 0 saturated heterocycles. The van der Waals surface area contributed by atoms with Gasteiger partial charge in [0.1, 0.15) is 5.75 Å². The second kappa shape index (κ2) is 6.39. The fourth-order valence-electron chi connectivity index (χ4n) is 1.75. The molecule has 0 atom stereocenters. The summed E-state index contributed by atoms with van der Waals surface area (Å²) in [5, 5.41) is 6.70. The average molecular weight is 323 g/mol. The van der Waals surface area contributed by atoms with Gasteiger partial charge in [-0.15, -0.1) is 0 Å². The maximum Gasteiger partial charge on any atom is 0.263 e. The van der Waals surface area contributed by atoms with Crippen LogP contribution in [0.15, 0.2) is 29.2 Å². The zero-order chi connectivity index (χ0) is 16.3. The lowest BCUT2D eigenvalue weighted by Gasteiger charge is -2.10. The maximum absolute atomic E-state index is 12.3. The van der Waals surface area contributed by atoms with Crippen LogP contribution in [-0.2, 0) is 10.0 Å². The summed E-state index contributed by atoms with van der Waals surface area (Å²) in [7, 11) is -3.66. The Kier molecular flexibility index (Phi) is 4.75. The summed E-state index contributed by atoms with van der Waals surface area (Å²) in [6.45, 7) is 8.34. The van der Waals surface area contributed by atoms with E-state index in [1.165, 1.54) is 12.1 Å². The van der Waals surface area contributed by atoms with Gasteiger partial charge in [0.15, 0.2) is 5.82 Å². The van der Waals surface area contributed by atoms with Gasteiger partial charge in [0.2, 0.25) is 0 Å². The largest absolute Gasteiger partial charge is 0.493 e. The highest BCUT2D eigenvalue weighted by Crippen LogP contribution is 2.21. The van der Waals surface area contributed by atoms with Gasteiger partial charge in [-0.2, -0.15) is 5.10 Å². The molecule has 0 amide bonds. The minimum atomic E-state index is -3.66. The Bertz CT molecular complexity index is 734. The van der Waals surface area contributed by atoms with Gasteiger partial charge in [-0.05, 0) is 44.0 Å². The van der Waals surface area contributed by atoms with Gasteiger partial charge in [-0.1, -0.05) is 13.8 Å². The first-order valence-electron chi connectivity index (χ1n) is 7.07. The van der Waals surface area contributed by atoms with Gasteiger partial charge in [0, 0.05) is 11.3 Å². The molecule has 2 aromatic rings. The van der Waals surface area contributed by atoms with E-state index in [1.54, 1.807) is 19.1 Å². The van der Waals surface area contributed by atoms with Crippen molar-refractivity contribution in [2.75, 3.05) is 11.3 Å². The highest BCUT2D eigenvalue weighted by Gasteiger charge is 2.17. The third-order valence-corrected chi connectivity index (χ3v) is 4.56. The van der Waals surface area contributed by atoms with Crippen molar-refractivity contribution in [2.24, 2.45) is 5.92 Å². The molecule has 0 radical (unpaired) electrons. The lowest BCUT2D eigenvalue weighted by molar-refractivity contribution is 0.271. The Morgan fingerprint density at radius 3 is 2.36 bits per heavy atom. The summed E-state index contributed by atoms with van der Waals surface area (Å²) < 4.78 is 32.7. The molecule has 6 nitrogen and oxygen atoms in total. The number of aryl methyl sites for hydroxylation is 1. The van der Waals surface area contributed by atoms with E-state index in [0.29, 0.717) is 24.1 Å². The number of aromatic amines is 1. The Hall–Kier alpha value is -2.02. The summed E-state index contributed by atoms with van der Waals surface area (Å²) in [5.74, 6) is 1.38. The minimum Gasteiger partial charge on any atom is -0.493 e. The third kappa shape index (κ3) is 3.79. The number of benzene rings is 1. The van der Waals surface area contributed by atoms with Crippen LogP contribution in [-0.4, -0.2) is 25.2 Å². The predicted molar refractivity (Wildman–Crippen MR) is 85.6 cm³/mol. The molecule has 0 aliphatic rings. The first-order valence-corrected chi connectivity index (χ1v) is 8.55. The van der Waals surface area contributed by atoms with Crippen molar-refractivity contribution in [3.05, 3.63) is 35.5 Å². The molecule has 2 rings (SSSR count). The van der Waals surface area contributed by atoms with E-state index in [9.17, 15) is 8.42 Å². The smallest absolute Gasteiger partial charge is 0.263 e. The molecule has 0 aliphatic heterocycles. The van der Waals surface area contributed by atoms with Crippen LogP contribution in [0.5, 0.6) is 5.75 Å². The van der Waals surface area contributed by atoms with Crippen LogP contribution in [0.25, 0.3) is 0 Å². The molecule has 0 unspecified atom stereocenters. The van der Waals surface area contributed by atoms with E-state index < -0.39 is 10.0 Å². The van der Waals surface area contributed by atoms with E-state index in [-0.39, 0.29) is 4.90 Å². The molecule has 0 bridgehead atoms. The summed E-state index contributed by atoms with van der Waals surface area (Å²) in [4.78, 5) is 0.171. The molecule has 7 heteroatoms. The molecule has 22 heavy (non-hydrogen) atoms. The molecule has 1 aromatic carbocycles. The van der Waals surface area contributed by atoms with Crippen molar-refractivity contribution in [1.82, 2.24) is 10.2 Å². The van der Waals surface area contributed by atoms with Crippen LogP contribution in [0.4, 0.5) is 5.82 Å². The predicted octanol–water partition coefficient (Wildman–Crippen LogP) is 2.86. The highest BCUT2D eigenvalue weighted by atomic mass is 32.2. The van der Waals surface area contributed by atoms with Gasteiger partial charge >= 0.3 is 0 Å². The molecule has 2 N–H and O–H groups in total. The standard InChI is InChI=1S/C15H21N3O3S/c1-10(2)9-21-13-5-7-14(8-6-13)22(19,20)18-15-11(3)12(4)16-17-15/h5-8,10H,9H2,1-4H3,(H2,16,17,18). The van der Waals surface area contributed by atoms with E-state index >= 15 is 0 Å². The van der Waals surface area contributed by atoms with Crippen LogP contribution in [0.1, 0.15) is 25.1 Å². The highest BCUT2D eigenvalue weighted by molar-refractivity contribution is 7.92. The van der Waals surface area contributed by atoms with Crippen LogP contribution in [0.2, 0.25) is 0 Å². The summed E-state index contributed by atoms with van der Waals surface area (Å²) in [5.41, 5.74) is 1.61. The quantitative estimate of drug-likeness (QED) is 0.856. The molecule has 120 valence electrons. The molecular formula is C15H21N3O3S. The number of hydrogen-bond donors (Lipinski definition) is 2. The average Bonchev–Trinajstić information content (AvgIpc) is 2.77. The second-order valence-electron chi connectivity index (χ2n) is 5.60. The number of sulfonamides is 1.